The highest BCUT2D eigenvalue weighted by Gasteiger charge is 2.47. The highest BCUT2D eigenvalue weighted by molar-refractivity contribution is 5.66. The van der Waals surface area contributed by atoms with Crippen LogP contribution < -0.4 is 0 Å². The van der Waals surface area contributed by atoms with E-state index in [1.54, 1.807) is 0 Å². The van der Waals surface area contributed by atoms with E-state index in [9.17, 15) is 19.8 Å². The number of rotatable bonds is 7. The lowest BCUT2D eigenvalue weighted by atomic mass is 9.99. The normalized spacial score (nSPS) is 28.4. The van der Waals surface area contributed by atoms with E-state index in [0.29, 0.717) is 6.42 Å². The zero-order valence-electron chi connectivity index (χ0n) is 14.7. The van der Waals surface area contributed by atoms with Crippen molar-refractivity contribution in [2.45, 2.75) is 51.0 Å². The Bertz CT molecular complexity index is 588. The Kier molecular flexibility index (Phi) is 7.52. The van der Waals surface area contributed by atoms with Gasteiger partial charge in [0.2, 0.25) is 0 Å². The molecule has 0 amide bonds. The molecule has 1 aliphatic heterocycles. The predicted molar refractivity (Wildman–Crippen MR) is 89.0 cm³/mol. The van der Waals surface area contributed by atoms with Crippen LogP contribution in [-0.2, 0) is 35.0 Å². The molecule has 1 aromatic rings. The Hall–Kier alpha value is -2.00. The van der Waals surface area contributed by atoms with Crippen LogP contribution in [0, 0.1) is 0 Å². The van der Waals surface area contributed by atoms with Gasteiger partial charge in [0.25, 0.3) is 0 Å². The number of ether oxygens (including phenoxy) is 4. The first kappa shape index (κ1) is 20.3. The monoisotopic (exact) mass is 368 g/mol. The molecule has 1 aromatic carbocycles. The summed E-state index contributed by atoms with van der Waals surface area (Å²) < 4.78 is 21.1. The van der Waals surface area contributed by atoms with Crippen molar-refractivity contribution in [1.29, 1.82) is 0 Å². The van der Waals surface area contributed by atoms with Gasteiger partial charge in [0.1, 0.15) is 24.9 Å². The summed E-state index contributed by atoms with van der Waals surface area (Å²) in [5.74, 6) is -1.18. The quantitative estimate of drug-likeness (QED) is 0.656. The lowest BCUT2D eigenvalue weighted by Gasteiger charge is -2.41. The summed E-state index contributed by atoms with van der Waals surface area (Å²) in [5.41, 5.74) is 1.05. The SMILES string of the molecule is CC(=O)OC[C@H]1O[C@@H](OCCc2ccccc2)[C@H](OC(C)=O)[C@@H](O)[C@@H]1O. The van der Waals surface area contributed by atoms with Gasteiger partial charge in [-0.05, 0) is 12.0 Å². The molecule has 1 aliphatic rings. The summed E-state index contributed by atoms with van der Waals surface area (Å²) >= 11 is 0. The molecule has 1 heterocycles. The summed E-state index contributed by atoms with van der Waals surface area (Å²) in [6.07, 6.45) is -5.53. The number of hydrogen-bond donors (Lipinski definition) is 2. The molecule has 2 rings (SSSR count). The molecule has 5 atom stereocenters. The van der Waals surface area contributed by atoms with Crippen molar-refractivity contribution in [1.82, 2.24) is 0 Å². The molecule has 1 saturated heterocycles. The first-order valence-electron chi connectivity index (χ1n) is 8.36. The smallest absolute Gasteiger partial charge is 0.303 e. The molecule has 2 N–H and O–H groups in total. The summed E-state index contributed by atoms with van der Waals surface area (Å²) in [5, 5.41) is 20.4. The summed E-state index contributed by atoms with van der Waals surface area (Å²) in [6, 6.07) is 9.60. The second-order valence-corrected chi connectivity index (χ2v) is 6.01. The Morgan fingerprint density at radius 3 is 2.38 bits per heavy atom. The molecule has 0 radical (unpaired) electrons. The van der Waals surface area contributed by atoms with Crippen molar-refractivity contribution in [2.24, 2.45) is 0 Å². The minimum atomic E-state index is -1.44. The second kappa shape index (κ2) is 9.63. The van der Waals surface area contributed by atoms with E-state index in [2.05, 4.69) is 0 Å². The van der Waals surface area contributed by atoms with Crippen LogP contribution >= 0.6 is 0 Å². The van der Waals surface area contributed by atoms with E-state index in [-0.39, 0.29) is 13.2 Å². The van der Waals surface area contributed by atoms with Gasteiger partial charge in [-0.15, -0.1) is 0 Å². The first-order valence-corrected chi connectivity index (χ1v) is 8.36. The predicted octanol–water partition coefficient (Wildman–Crippen LogP) is 0.187. The van der Waals surface area contributed by atoms with Crippen LogP contribution in [0.15, 0.2) is 30.3 Å². The molecule has 26 heavy (non-hydrogen) atoms. The average Bonchev–Trinajstić information content (AvgIpc) is 2.60. The molecule has 0 unspecified atom stereocenters. The molecular weight excluding hydrogens is 344 g/mol. The number of esters is 2. The van der Waals surface area contributed by atoms with Crippen LogP contribution in [0.5, 0.6) is 0 Å². The van der Waals surface area contributed by atoms with Crippen LogP contribution in [-0.4, -0.2) is 66.1 Å². The zero-order valence-corrected chi connectivity index (χ0v) is 14.7. The molecule has 0 saturated carbocycles. The Balaban J connectivity index is 2.01. The fraction of sp³-hybridized carbons (Fsp3) is 0.556. The van der Waals surface area contributed by atoms with Gasteiger partial charge in [-0.25, -0.2) is 0 Å². The van der Waals surface area contributed by atoms with Crippen molar-refractivity contribution in [3.63, 3.8) is 0 Å². The van der Waals surface area contributed by atoms with E-state index in [1.165, 1.54) is 13.8 Å². The highest BCUT2D eigenvalue weighted by Crippen LogP contribution is 2.25. The number of carbonyl (C=O) groups excluding carboxylic acids is 2. The summed E-state index contributed by atoms with van der Waals surface area (Å²) in [6.45, 7) is 2.40. The van der Waals surface area contributed by atoms with E-state index in [1.807, 2.05) is 30.3 Å². The van der Waals surface area contributed by atoms with Crippen molar-refractivity contribution in [2.75, 3.05) is 13.2 Å². The molecule has 144 valence electrons. The molecular formula is C18H24O8. The third kappa shape index (κ3) is 5.77. The Morgan fingerprint density at radius 1 is 1.08 bits per heavy atom. The van der Waals surface area contributed by atoms with E-state index in [4.69, 9.17) is 18.9 Å². The standard InChI is InChI=1S/C18H24O8/c1-11(19)24-10-14-15(21)16(22)17(25-12(2)20)18(26-14)23-9-8-13-6-4-3-5-7-13/h3-7,14-18,21-22H,8-10H2,1-2H3/t14-,15-,16+,17-,18-/m1/s1. The minimum absolute atomic E-state index is 0.246. The topological polar surface area (TPSA) is 112 Å². The van der Waals surface area contributed by atoms with Crippen molar-refractivity contribution >= 4 is 11.9 Å². The van der Waals surface area contributed by atoms with Crippen molar-refractivity contribution in [3.8, 4) is 0 Å². The van der Waals surface area contributed by atoms with Gasteiger partial charge in [0.15, 0.2) is 12.4 Å². The maximum Gasteiger partial charge on any atom is 0.303 e. The van der Waals surface area contributed by atoms with Crippen LogP contribution in [0.3, 0.4) is 0 Å². The number of carbonyl (C=O) groups is 2. The fourth-order valence-electron chi connectivity index (χ4n) is 2.63. The van der Waals surface area contributed by atoms with Crippen molar-refractivity contribution in [3.05, 3.63) is 35.9 Å². The Morgan fingerprint density at radius 2 is 1.77 bits per heavy atom. The lowest BCUT2D eigenvalue weighted by Crippen LogP contribution is -2.60. The molecule has 0 bridgehead atoms. The van der Waals surface area contributed by atoms with Gasteiger partial charge in [0.05, 0.1) is 6.61 Å². The maximum atomic E-state index is 11.3. The van der Waals surface area contributed by atoms with Crippen LogP contribution in [0.1, 0.15) is 19.4 Å². The van der Waals surface area contributed by atoms with Crippen LogP contribution in [0.4, 0.5) is 0 Å². The molecule has 8 heteroatoms. The highest BCUT2D eigenvalue weighted by atomic mass is 16.7. The molecule has 0 aromatic heterocycles. The number of aliphatic hydroxyl groups excluding tert-OH is 2. The number of hydrogen-bond acceptors (Lipinski definition) is 8. The van der Waals surface area contributed by atoms with E-state index < -0.39 is 42.6 Å². The molecule has 0 spiro atoms. The van der Waals surface area contributed by atoms with Gasteiger partial charge in [-0.2, -0.15) is 0 Å². The molecule has 8 nitrogen and oxygen atoms in total. The molecule has 0 aliphatic carbocycles. The number of benzene rings is 1. The minimum Gasteiger partial charge on any atom is -0.463 e. The summed E-state index contributed by atoms with van der Waals surface area (Å²) in [4.78, 5) is 22.3. The van der Waals surface area contributed by atoms with Crippen LogP contribution in [0.25, 0.3) is 0 Å². The van der Waals surface area contributed by atoms with Gasteiger partial charge in [0, 0.05) is 13.8 Å². The van der Waals surface area contributed by atoms with Gasteiger partial charge >= 0.3 is 11.9 Å². The Labute approximate surface area is 151 Å². The maximum absolute atomic E-state index is 11.3. The zero-order chi connectivity index (χ0) is 19.1. The average molecular weight is 368 g/mol. The third-order valence-electron chi connectivity index (χ3n) is 3.91. The third-order valence-corrected chi connectivity index (χ3v) is 3.91. The van der Waals surface area contributed by atoms with E-state index >= 15 is 0 Å². The molecule has 1 fully saturated rings. The first-order chi connectivity index (χ1) is 12.4. The van der Waals surface area contributed by atoms with Crippen LogP contribution in [0.2, 0.25) is 0 Å². The second-order valence-electron chi connectivity index (χ2n) is 6.01. The van der Waals surface area contributed by atoms with Gasteiger partial charge in [-0.1, -0.05) is 30.3 Å². The van der Waals surface area contributed by atoms with Crippen molar-refractivity contribution < 1.29 is 38.7 Å². The summed E-state index contributed by atoms with van der Waals surface area (Å²) in [7, 11) is 0. The number of aliphatic hydroxyl groups is 2. The van der Waals surface area contributed by atoms with Gasteiger partial charge in [-0.3, -0.25) is 9.59 Å². The largest absolute Gasteiger partial charge is 0.463 e. The fourth-order valence-corrected chi connectivity index (χ4v) is 2.63. The van der Waals surface area contributed by atoms with E-state index in [0.717, 1.165) is 5.56 Å². The van der Waals surface area contributed by atoms with Gasteiger partial charge < -0.3 is 29.2 Å². The lowest BCUT2D eigenvalue weighted by molar-refractivity contribution is -0.304.